The lowest BCUT2D eigenvalue weighted by Gasteiger charge is -2.17. The molecule has 0 bridgehead atoms. The highest BCUT2D eigenvalue weighted by Gasteiger charge is 2.13. The molecule has 0 radical (unpaired) electrons. The number of hydrogen-bond donors (Lipinski definition) is 3. The van der Waals surface area contributed by atoms with E-state index in [9.17, 15) is 18.7 Å². The Labute approximate surface area is 120 Å². The number of amides is 2. The van der Waals surface area contributed by atoms with Gasteiger partial charge in [-0.1, -0.05) is 30.3 Å². The summed E-state index contributed by atoms with van der Waals surface area (Å²) in [7, 11) is 0. The second kappa shape index (κ2) is 6.81. The highest BCUT2D eigenvalue weighted by Crippen LogP contribution is 2.14. The van der Waals surface area contributed by atoms with Crippen LogP contribution in [-0.2, 0) is 0 Å². The minimum atomic E-state index is -1.05. The zero-order valence-corrected chi connectivity index (χ0v) is 11.0. The van der Waals surface area contributed by atoms with E-state index in [1.54, 1.807) is 24.3 Å². The van der Waals surface area contributed by atoms with E-state index in [0.29, 0.717) is 0 Å². The number of halogens is 2. The molecule has 0 aromatic heterocycles. The summed E-state index contributed by atoms with van der Waals surface area (Å²) in [5, 5.41) is 14.2. The molecule has 0 aliphatic heterocycles. The van der Waals surface area contributed by atoms with Crippen LogP contribution in [-0.4, -0.2) is 17.7 Å². The lowest BCUT2D eigenvalue weighted by atomic mass is 10.1. The van der Waals surface area contributed by atoms with E-state index >= 15 is 0 Å². The van der Waals surface area contributed by atoms with Gasteiger partial charge in [0.05, 0.1) is 12.6 Å². The summed E-state index contributed by atoms with van der Waals surface area (Å²) in [6, 6.07) is 10.8. The van der Waals surface area contributed by atoms with Crippen molar-refractivity contribution in [2.75, 3.05) is 11.9 Å². The van der Waals surface area contributed by atoms with Crippen LogP contribution in [0.4, 0.5) is 19.3 Å². The molecule has 0 heterocycles. The molecule has 2 rings (SSSR count). The van der Waals surface area contributed by atoms with Crippen molar-refractivity contribution in [3.63, 3.8) is 0 Å². The monoisotopic (exact) mass is 292 g/mol. The fraction of sp³-hybridized carbons (Fsp3) is 0.133. The van der Waals surface area contributed by atoms with Crippen LogP contribution >= 0.6 is 0 Å². The van der Waals surface area contributed by atoms with Gasteiger partial charge in [0.2, 0.25) is 0 Å². The summed E-state index contributed by atoms with van der Waals surface area (Å²) >= 11 is 0. The highest BCUT2D eigenvalue weighted by molar-refractivity contribution is 5.89. The van der Waals surface area contributed by atoms with Gasteiger partial charge >= 0.3 is 6.03 Å². The maximum Gasteiger partial charge on any atom is 0.319 e. The molecule has 0 aliphatic carbocycles. The SMILES string of the molecule is O=C(Nc1ccc(F)c(F)c1)NC(CO)c1ccccc1. The molecule has 0 fully saturated rings. The van der Waals surface area contributed by atoms with Crippen LogP contribution < -0.4 is 10.6 Å². The first-order valence-electron chi connectivity index (χ1n) is 6.28. The fourth-order valence-corrected chi connectivity index (χ4v) is 1.82. The molecule has 2 aromatic carbocycles. The number of carbonyl (C=O) groups excluding carboxylic acids is 1. The van der Waals surface area contributed by atoms with Gasteiger partial charge in [-0.15, -0.1) is 0 Å². The lowest BCUT2D eigenvalue weighted by Crippen LogP contribution is -2.34. The fourth-order valence-electron chi connectivity index (χ4n) is 1.82. The third-order valence-electron chi connectivity index (χ3n) is 2.87. The van der Waals surface area contributed by atoms with Gasteiger partial charge < -0.3 is 15.7 Å². The number of carbonyl (C=O) groups is 1. The first-order chi connectivity index (χ1) is 10.1. The predicted octanol–water partition coefficient (Wildman–Crippen LogP) is 2.82. The minimum Gasteiger partial charge on any atom is -0.394 e. The maximum absolute atomic E-state index is 13.0. The Kier molecular flexibility index (Phi) is 4.84. The third kappa shape index (κ3) is 4.00. The van der Waals surface area contributed by atoms with Crippen molar-refractivity contribution in [2.45, 2.75) is 6.04 Å². The topological polar surface area (TPSA) is 61.4 Å². The average Bonchev–Trinajstić information content (AvgIpc) is 2.49. The first-order valence-corrected chi connectivity index (χ1v) is 6.28. The second-order valence-corrected chi connectivity index (χ2v) is 4.37. The van der Waals surface area contributed by atoms with Crippen LogP contribution in [0.1, 0.15) is 11.6 Å². The smallest absolute Gasteiger partial charge is 0.319 e. The molecule has 21 heavy (non-hydrogen) atoms. The van der Waals surface area contributed by atoms with Crippen molar-refractivity contribution in [2.24, 2.45) is 0 Å². The van der Waals surface area contributed by atoms with E-state index in [4.69, 9.17) is 0 Å². The van der Waals surface area contributed by atoms with Crippen LogP contribution in [0.25, 0.3) is 0 Å². The van der Waals surface area contributed by atoms with E-state index in [1.807, 2.05) is 6.07 Å². The third-order valence-corrected chi connectivity index (χ3v) is 2.87. The second-order valence-electron chi connectivity index (χ2n) is 4.37. The van der Waals surface area contributed by atoms with Gasteiger partial charge in [-0.2, -0.15) is 0 Å². The molecule has 0 saturated carbocycles. The van der Waals surface area contributed by atoms with Crippen LogP contribution in [0, 0.1) is 11.6 Å². The molecule has 0 saturated heterocycles. The Bertz CT molecular complexity index is 620. The van der Waals surface area contributed by atoms with Gasteiger partial charge in [0.25, 0.3) is 0 Å². The normalized spacial score (nSPS) is 11.8. The molecular weight excluding hydrogens is 278 g/mol. The highest BCUT2D eigenvalue weighted by atomic mass is 19.2. The van der Waals surface area contributed by atoms with Crippen molar-refractivity contribution in [1.29, 1.82) is 0 Å². The molecule has 1 unspecified atom stereocenters. The van der Waals surface area contributed by atoms with Crippen molar-refractivity contribution < 1.29 is 18.7 Å². The molecule has 0 aliphatic rings. The summed E-state index contributed by atoms with van der Waals surface area (Å²) < 4.78 is 25.8. The Morgan fingerprint density at radius 1 is 1.10 bits per heavy atom. The summed E-state index contributed by atoms with van der Waals surface area (Å²) in [6.07, 6.45) is 0. The Morgan fingerprint density at radius 2 is 1.81 bits per heavy atom. The van der Waals surface area contributed by atoms with E-state index in [0.717, 1.165) is 17.7 Å². The summed E-state index contributed by atoms with van der Waals surface area (Å²) in [5.41, 5.74) is 0.858. The number of anilines is 1. The molecule has 1 atom stereocenters. The minimum absolute atomic E-state index is 0.121. The maximum atomic E-state index is 13.0. The van der Waals surface area contributed by atoms with Crippen LogP contribution in [0.2, 0.25) is 0 Å². The molecule has 3 N–H and O–H groups in total. The molecule has 110 valence electrons. The van der Waals surface area contributed by atoms with Crippen LogP contribution in [0.3, 0.4) is 0 Å². The standard InChI is InChI=1S/C15H14F2N2O2/c16-12-7-6-11(8-13(12)17)18-15(21)19-14(9-20)10-4-2-1-3-5-10/h1-8,14,20H,9H2,(H2,18,19,21). The number of nitrogens with one attached hydrogen (secondary N) is 2. The summed E-state index contributed by atoms with van der Waals surface area (Å²) in [4.78, 5) is 11.8. The zero-order chi connectivity index (χ0) is 15.2. The molecular formula is C15H14F2N2O2. The summed E-state index contributed by atoms with van der Waals surface area (Å²) in [6.45, 7) is -0.283. The number of hydrogen-bond acceptors (Lipinski definition) is 2. The van der Waals surface area contributed by atoms with Crippen LogP contribution in [0.5, 0.6) is 0 Å². The van der Waals surface area contributed by atoms with E-state index < -0.39 is 23.7 Å². The van der Waals surface area contributed by atoms with Crippen LogP contribution in [0.15, 0.2) is 48.5 Å². The average molecular weight is 292 g/mol. The number of benzene rings is 2. The van der Waals surface area contributed by atoms with Crippen molar-refractivity contribution in [1.82, 2.24) is 5.32 Å². The molecule has 6 heteroatoms. The molecule has 0 spiro atoms. The van der Waals surface area contributed by atoms with Gasteiger partial charge in [-0.25, -0.2) is 13.6 Å². The molecule has 2 amide bonds. The van der Waals surface area contributed by atoms with Crippen molar-refractivity contribution in [3.05, 3.63) is 65.7 Å². The van der Waals surface area contributed by atoms with Crippen molar-refractivity contribution >= 4 is 11.7 Å². The van der Waals surface area contributed by atoms with Crippen molar-refractivity contribution in [3.8, 4) is 0 Å². The van der Waals surface area contributed by atoms with Gasteiger partial charge in [-0.3, -0.25) is 0 Å². The quantitative estimate of drug-likeness (QED) is 0.811. The molecule has 4 nitrogen and oxygen atoms in total. The van der Waals surface area contributed by atoms with E-state index in [-0.39, 0.29) is 12.3 Å². The molecule has 2 aromatic rings. The zero-order valence-electron chi connectivity index (χ0n) is 11.0. The Morgan fingerprint density at radius 3 is 2.43 bits per heavy atom. The Hall–Kier alpha value is -2.47. The number of rotatable bonds is 4. The largest absolute Gasteiger partial charge is 0.394 e. The number of aliphatic hydroxyl groups is 1. The number of aliphatic hydroxyl groups excluding tert-OH is 1. The first kappa shape index (κ1) is 14.9. The van der Waals surface area contributed by atoms with Gasteiger partial charge in [-0.05, 0) is 17.7 Å². The van der Waals surface area contributed by atoms with Gasteiger partial charge in [0.15, 0.2) is 11.6 Å². The predicted molar refractivity (Wildman–Crippen MR) is 74.8 cm³/mol. The van der Waals surface area contributed by atoms with E-state index in [1.165, 1.54) is 6.07 Å². The van der Waals surface area contributed by atoms with Gasteiger partial charge in [0.1, 0.15) is 0 Å². The van der Waals surface area contributed by atoms with Gasteiger partial charge in [0, 0.05) is 11.8 Å². The lowest BCUT2D eigenvalue weighted by molar-refractivity contribution is 0.225. The summed E-state index contributed by atoms with van der Waals surface area (Å²) in [5.74, 6) is -2.03. The van der Waals surface area contributed by atoms with E-state index in [2.05, 4.69) is 10.6 Å². The number of urea groups is 1. The Balaban J connectivity index is 2.01.